The van der Waals surface area contributed by atoms with E-state index in [1.165, 1.54) is 6.92 Å². The van der Waals surface area contributed by atoms with Crippen LogP contribution in [0, 0.1) is 0 Å². The molecule has 148 valence electrons. The lowest BCUT2D eigenvalue weighted by Gasteiger charge is -2.13. The second-order valence-electron chi connectivity index (χ2n) is 5.65. The quantitative estimate of drug-likeness (QED) is 0.427. The predicted molar refractivity (Wildman–Crippen MR) is 116 cm³/mol. The van der Waals surface area contributed by atoms with E-state index in [1.54, 1.807) is 49.6 Å². The van der Waals surface area contributed by atoms with E-state index in [4.69, 9.17) is 21.7 Å². The van der Waals surface area contributed by atoms with Crippen molar-refractivity contribution < 1.29 is 19.1 Å². The lowest BCUT2D eigenvalue weighted by Crippen LogP contribution is -2.34. The Morgan fingerprint density at radius 2 is 1.68 bits per heavy atom. The number of carbonyl (C=O) groups excluding carboxylic acids is 2. The van der Waals surface area contributed by atoms with Crippen molar-refractivity contribution in [3.05, 3.63) is 52.5 Å². The van der Waals surface area contributed by atoms with E-state index in [-0.39, 0.29) is 11.0 Å². The zero-order chi connectivity index (χ0) is 20.5. The number of thiocarbonyl (C=S) groups is 1. The standard InChI is InChI=1S/C19H20BrN3O4S/c1-12(24)21-14-4-6-15(7-5-14)22-19(28)23-18(25)16-11-13(20)3-8-17(16)27-10-9-26-2/h3-8,11H,9-10H2,1-2H3,(H,21,24)(H2,22,23,25,28). The summed E-state index contributed by atoms with van der Waals surface area (Å²) in [5, 5.41) is 8.37. The van der Waals surface area contributed by atoms with Gasteiger partial charge in [-0.2, -0.15) is 0 Å². The van der Waals surface area contributed by atoms with Gasteiger partial charge in [0.2, 0.25) is 5.91 Å². The van der Waals surface area contributed by atoms with E-state index >= 15 is 0 Å². The molecule has 3 N–H and O–H groups in total. The molecule has 0 spiro atoms. The number of carbonyl (C=O) groups is 2. The highest BCUT2D eigenvalue weighted by Gasteiger charge is 2.15. The number of ether oxygens (including phenoxy) is 2. The number of nitrogens with one attached hydrogen (secondary N) is 3. The van der Waals surface area contributed by atoms with E-state index < -0.39 is 5.91 Å². The fraction of sp³-hybridized carbons (Fsp3) is 0.211. The minimum Gasteiger partial charge on any atom is -0.490 e. The maximum Gasteiger partial charge on any atom is 0.261 e. The molecule has 2 amide bonds. The van der Waals surface area contributed by atoms with Gasteiger partial charge in [0.15, 0.2) is 5.11 Å². The molecular formula is C19H20BrN3O4S. The van der Waals surface area contributed by atoms with Crippen LogP contribution in [0.15, 0.2) is 46.9 Å². The predicted octanol–water partition coefficient (Wildman–Crippen LogP) is 3.56. The van der Waals surface area contributed by atoms with E-state index in [1.807, 2.05) is 0 Å². The highest BCUT2D eigenvalue weighted by molar-refractivity contribution is 9.10. The second kappa shape index (κ2) is 10.7. The van der Waals surface area contributed by atoms with Crippen LogP contribution in [0.1, 0.15) is 17.3 Å². The van der Waals surface area contributed by atoms with Gasteiger partial charge in [-0.1, -0.05) is 15.9 Å². The van der Waals surface area contributed by atoms with Gasteiger partial charge in [-0.3, -0.25) is 14.9 Å². The molecule has 0 radical (unpaired) electrons. The van der Waals surface area contributed by atoms with E-state index in [0.29, 0.717) is 35.9 Å². The summed E-state index contributed by atoms with van der Waals surface area (Å²) in [5.41, 5.74) is 1.68. The van der Waals surface area contributed by atoms with Crippen molar-refractivity contribution in [3.63, 3.8) is 0 Å². The Kier molecular flexibility index (Phi) is 8.37. The molecule has 2 aromatic carbocycles. The van der Waals surface area contributed by atoms with Crippen LogP contribution in [-0.4, -0.2) is 37.3 Å². The fourth-order valence-corrected chi connectivity index (χ4v) is 2.79. The summed E-state index contributed by atoms with van der Waals surface area (Å²) in [6.45, 7) is 2.17. The molecule has 28 heavy (non-hydrogen) atoms. The summed E-state index contributed by atoms with van der Waals surface area (Å²) in [7, 11) is 1.57. The number of amides is 2. The summed E-state index contributed by atoms with van der Waals surface area (Å²) in [4.78, 5) is 23.7. The number of methoxy groups -OCH3 is 1. The first kappa shape index (κ1) is 21.8. The van der Waals surface area contributed by atoms with Gasteiger partial charge < -0.3 is 20.1 Å². The zero-order valence-corrected chi connectivity index (χ0v) is 17.8. The minimum absolute atomic E-state index is 0.139. The largest absolute Gasteiger partial charge is 0.490 e. The summed E-state index contributed by atoms with van der Waals surface area (Å²) in [6.07, 6.45) is 0. The Labute approximate surface area is 176 Å². The third-order valence-corrected chi connectivity index (χ3v) is 4.12. The molecule has 0 saturated carbocycles. The molecule has 0 aromatic heterocycles. The smallest absolute Gasteiger partial charge is 0.261 e. The molecule has 0 saturated heterocycles. The van der Waals surface area contributed by atoms with Crippen LogP contribution in [0.5, 0.6) is 5.75 Å². The SMILES string of the molecule is COCCOc1ccc(Br)cc1C(=O)NC(=S)Nc1ccc(NC(C)=O)cc1. The van der Waals surface area contributed by atoms with Crippen LogP contribution in [0.2, 0.25) is 0 Å². The van der Waals surface area contributed by atoms with Crippen molar-refractivity contribution in [2.45, 2.75) is 6.92 Å². The number of benzene rings is 2. The molecule has 0 fully saturated rings. The molecule has 0 bridgehead atoms. The average Bonchev–Trinajstić information content (AvgIpc) is 2.64. The van der Waals surface area contributed by atoms with Crippen molar-refractivity contribution in [2.75, 3.05) is 31.0 Å². The number of halogens is 1. The lowest BCUT2D eigenvalue weighted by atomic mass is 10.2. The fourth-order valence-electron chi connectivity index (χ4n) is 2.21. The Morgan fingerprint density at radius 1 is 1.04 bits per heavy atom. The summed E-state index contributed by atoms with van der Waals surface area (Å²) in [6, 6.07) is 12.1. The van der Waals surface area contributed by atoms with Crippen molar-refractivity contribution in [1.82, 2.24) is 5.32 Å². The molecule has 0 aliphatic carbocycles. The number of hydrogen-bond donors (Lipinski definition) is 3. The van der Waals surface area contributed by atoms with Gasteiger partial charge in [0.1, 0.15) is 12.4 Å². The van der Waals surface area contributed by atoms with Gasteiger partial charge in [-0.15, -0.1) is 0 Å². The second-order valence-corrected chi connectivity index (χ2v) is 6.97. The Morgan fingerprint density at radius 3 is 2.29 bits per heavy atom. The topological polar surface area (TPSA) is 88.7 Å². The molecule has 0 unspecified atom stereocenters. The molecule has 0 heterocycles. The average molecular weight is 466 g/mol. The van der Waals surface area contributed by atoms with Crippen LogP contribution in [0.25, 0.3) is 0 Å². The molecule has 9 heteroatoms. The number of anilines is 2. The third kappa shape index (κ3) is 6.91. The number of rotatable bonds is 7. The minimum atomic E-state index is -0.402. The van der Waals surface area contributed by atoms with E-state index in [9.17, 15) is 9.59 Å². The van der Waals surface area contributed by atoms with Crippen molar-refractivity contribution in [2.24, 2.45) is 0 Å². The Hall–Kier alpha value is -2.49. The molecule has 2 aromatic rings. The maximum absolute atomic E-state index is 12.6. The first-order valence-corrected chi connectivity index (χ1v) is 9.50. The molecular weight excluding hydrogens is 446 g/mol. The normalized spacial score (nSPS) is 10.1. The monoisotopic (exact) mass is 465 g/mol. The van der Waals surface area contributed by atoms with Crippen molar-refractivity contribution >= 4 is 56.4 Å². The highest BCUT2D eigenvalue weighted by atomic mass is 79.9. The molecule has 0 atom stereocenters. The van der Waals surface area contributed by atoms with Gasteiger partial charge in [0.05, 0.1) is 12.2 Å². The summed E-state index contributed by atoms with van der Waals surface area (Å²) >= 11 is 8.56. The summed E-state index contributed by atoms with van der Waals surface area (Å²) < 4.78 is 11.3. The van der Waals surface area contributed by atoms with E-state index in [0.717, 1.165) is 4.47 Å². The molecule has 0 aliphatic rings. The maximum atomic E-state index is 12.6. The lowest BCUT2D eigenvalue weighted by molar-refractivity contribution is -0.114. The Bertz CT molecular complexity index is 859. The van der Waals surface area contributed by atoms with Crippen LogP contribution < -0.4 is 20.7 Å². The van der Waals surface area contributed by atoms with Gasteiger partial charge in [-0.05, 0) is 54.7 Å². The first-order chi connectivity index (χ1) is 13.4. The van der Waals surface area contributed by atoms with Crippen LogP contribution in [0.4, 0.5) is 11.4 Å². The van der Waals surface area contributed by atoms with E-state index in [2.05, 4.69) is 31.9 Å². The van der Waals surface area contributed by atoms with Gasteiger partial charge >= 0.3 is 0 Å². The van der Waals surface area contributed by atoms with Crippen LogP contribution in [-0.2, 0) is 9.53 Å². The van der Waals surface area contributed by atoms with Crippen LogP contribution in [0.3, 0.4) is 0 Å². The number of hydrogen-bond acceptors (Lipinski definition) is 5. The Balaban J connectivity index is 2.01. The molecule has 0 aliphatic heterocycles. The third-order valence-electron chi connectivity index (χ3n) is 3.42. The van der Waals surface area contributed by atoms with Crippen molar-refractivity contribution in [3.8, 4) is 5.75 Å². The summed E-state index contributed by atoms with van der Waals surface area (Å²) in [5.74, 6) is -0.123. The molecule has 2 rings (SSSR count). The van der Waals surface area contributed by atoms with Gasteiger partial charge in [0.25, 0.3) is 5.91 Å². The zero-order valence-electron chi connectivity index (χ0n) is 15.4. The van der Waals surface area contributed by atoms with Gasteiger partial charge in [0, 0.05) is 29.9 Å². The van der Waals surface area contributed by atoms with Crippen molar-refractivity contribution in [1.29, 1.82) is 0 Å². The highest BCUT2D eigenvalue weighted by Crippen LogP contribution is 2.23. The first-order valence-electron chi connectivity index (χ1n) is 8.30. The molecule has 7 nitrogen and oxygen atoms in total. The van der Waals surface area contributed by atoms with Gasteiger partial charge in [-0.25, -0.2) is 0 Å². The van der Waals surface area contributed by atoms with Crippen LogP contribution >= 0.6 is 28.1 Å².